The molecule has 2 rings (SSSR count). The summed E-state index contributed by atoms with van der Waals surface area (Å²) in [4.78, 5) is 11.8. The topological polar surface area (TPSA) is 89.3 Å². The van der Waals surface area contributed by atoms with Crippen molar-refractivity contribution in [1.82, 2.24) is 4.72 Å². The lowest BCUT2D eigenvalue weighted by molar-refractivity contribution is 0.0981. The molecule has 20 heavy (non-hydrogen) atoms. The summed E-state index contributed by atoms with van der Waals surface area (Å²) < 4.78 is 26.0. The number of nitrogens with one attached hydrogen (secondary N) is 1. The lowest BCUT2D eigenvalue weighted by Gasteiger charge is -2.07. The van der Waals surface area contributed by atoms with Crippen molar-refractivity contribution in [3.05, 3.63) is 59.1 Å². The Kier molecular flexibility index (Phi) is 3.96. The predicted molar refractivity (Wildman–Crippen MR) is 77.0 cm³/mol. The first kappa shape index (κ1) is 14.4. The third-order valence-corrected chi connectivity index (χ3v) is 4.08. The van der Waals surface area contributed by atoms with E-state index in [1.807, 2.05) is 4.72 Å². The second kappa shape index (κ2) is 5.52. The number of nitrogen functional groups attached to an aromatic ring is 1. The number of anilines is 1. The zero-order chi connectivity index (χ0) is 14.8. The Balaban J connectivity index is 2.24. The molecule has 0 bridgehead atoms. The molecule has 5 nitrogen and oxygen atoms in total. The van der Waals surface area contributed by atoms with Gasteiger partial charge in [0.25, 0.3) is 15.9 Å². The van der Waals surface area contributed by atoms with Gasteiger partial charge in [-0.1, -0.05) is 17.7 Å². The Morgan fingerprint density at radius 1 is 1.10 bits per heavy atom. The van der Waals surface area contributed by atoms with E-state index in [-0.39, 0.29) is 10.5 Å². The van der Waals surface area contributed by atoms with Crippen LogP contribution in [-0.4, -0.2) is 14.3 Å². The number of hydrogen-bond donors (Lipinski definition) is 2. The fraction of sp³-hybridized carbons (Fsp3) is 0. The van der Waals surface area contributed by atoms with E-state index in [4.69, 9.17) is 17.3 Å². The highest BCUT2D eigenvalue weighted by Gasteiger charge is 2.18. The minimum absolute atomic E-state index is 0.0696. The molecule has 0 radical (unpaired) electrons. The first-order valence-electron chi connectivity index (χ1n) is 5.57. The number of amides is 1. The van der Waals surface area contributed by atoms with Gasteiger partial charge in [-0.15, -0.1) is 0 Å². The van der Waals surface area contributed by atoms with E-state index < -0.39 is 15.9 Å². The average Bonchev–Trinajstić information content (AvgIpc) is 2.39. The third-order valence-electron chi connectivity index (χ3n) is 2.50. The summed E-state index contributed by atoms with van der Waals surface area (Å²) in [6.07, 6.45) is 0. The van der Waals surface area contributed by atoms with Crippen LogP contribution in [0.4, 0.5) is 5.69 Å². The molecule has 0 aliphatic carbocycles. The molecule has 0 aromatic heterocycles. The van der Waals surface area contributed by atoms with Crippen molar-refractivity contribution < 1.29 is 13.2 Å². The van der Waals surface area contributed by atoms with E-state index in [1.54, 1.807) is 6.07 Å². The summed E-state index contributed by atoms with van der Waals surface area (Å²) in [5.41, 5.74) is 6.02. The maximum Gasteiger partial charge on any atom is 0.264 e. The van der Waals surface area contributed by atoms with Crippen LogP contribution in [0.15, 0.2) is 53.4 Å². The van der Waals surface area contributed by atoms with Crippen LogP contribution in [0.3, 0.4) is 0 Å². The highest BCUT2D eigenvalue weighted by Crippen LogP contribution is 2.14. The Labute approximate surface area is 121 Å². The monoisotopic (exact) mass is 310 g/mol. The van der Waals surface area contributed by atoms with Gasteiger partial charge in [0.15, 0.2) is 0 Å². The van der Waals surface area contributed by atoms with Crippen molar-refractivity contribution in [3.63, 3.8) is 0 Å². The molecule has 0 aliphatic rings. The maximum absolute atomic E-state index is 12.0. The SMILES string of the molecule is Nc1cccc(S(=O)(=O)NC(=O)c2ccc(Cl)cc2)c1. The lowest BCUT2D eigenvalue weighted by atomic mass is 10.2. The van der Waals surface area contributed by atoms with Gasteiger partial charge in [-0.05, 0) is 42.5 Å². The van der Waals surface area contributed by atoms with E-state index in [1.165, 1.54) is 42.5 Å². The maximum atomic E-state index is 12.0. The Morgan fingerprint density at radius 2 is 1.75 bits per heavy atom. The second-order valence-corrected chi connectivity index (χ2v) is 6.13. The van der Waals surface area contributed by atoms with Crippen LogP contribution in [0, 0.1) is 0 Å². The molecule has 0 saturated heterocycles. The highest BCUT2D eigenvalue weighted by molar-refractivity contribution is 7.90. The molecule has 3 N–H and O–H groups in total. The largest absolute Gasteiger partial charge is 0.399 e. The molecule has 0 spiro atoms. The number of hydrogen-bond acceptors (Lipinski definition) is 4. The van der Waals surface area contributed by atoms with Crippen molar-refractivity contribution in [2.45, 2.75) is 4.90 Å². The number of carbonyl (C=O) groups is 1. The summed E-state index contributed by atoms with van der Waals surface area (Å²) in [6, 6.07) is 11.6. The van der Waals surface area contributed by atoms with Gasteiger partial charge in [0.05, 0.1) is 4.90 Å². The van der Waals surface area contributed by atoms with Crippen molar-refractivity contribution in [3.8, 4) is 0 Å². The number of carbonyl (C=O) groups excluding carboxylic acids is 1. The van der Waals surface area contributed by atoms with Gasteiger partial charge in [0.2, 0.25) is 0 Å². The van der Waals surface area contributed by atoms with Crippen LogP contribution in [-0.2, 0) is 10.0 Å². The number of rotatable bonds is 3. The standard InChI is InChI=1S/C13H11ClN2O3S/c14-10-6-4-9(5-7-10)13(17)16-20(18,19)12-3-1-2-11(15)8-12/h1-8H,15H2,(H,16,17). The van der Waals surface area contributed by atoms with E-state index >= 15 is 0 Å². The average molecular weight is 311 g/mol. The van der Waals surface area contributed by atoms with Crippen LogP contribution in [0.2, 0.25) is 5.02 Å². The zero-order valence-electron chi connectivity index (χ0n) is 10.2. The van der Waals surface area contributed by atoms with Gasteiger partial charge >= 0.3 is 0 Å². The smallest absolute Gasteiger partial charge is 0.264 e. The fourth-order valence-corrected chi connectivity index (χ4v) is 2.68. The van der Waals surface area contributed by atoms with Gasteiger partial charge in [0.1, 0.15) is 0 Å². The number of halogens is 1. The van der Waals surface area contributed by atoms with E-state index in [2.05, 4.69) is 0 Å². The first-order valence-corrected chi connectivity index (χ1v) is 7.43. The zero-order valence-corrected chi connectivity index (χ0v) is 11.8. The molecule has 0 aliphatic heterocycles. The molecule has 0 saturated carbocycles. The molecule has 0 fully saturated rings. The molecule has 2 aromatic rings. The number of sulfonamides is 1. The molecule has 0 atom stereocenters. The molecule has 104 valence electrons. The fourth-order valence-electron chi connectivity index (χ4n) is 1.52. The van der Waals surface area contributed by atoms with Crippen LogP contribution >= 0.6 is 11.6 Å². The lowest BCUT2D eigenvalue weighted by Crippen LogP contribution is -2.30. The third kappa shape index (κ3) is 3.28. The summed E-state index contributed by atoms with van der Waals surface area (Å²) >= 11 is 5.70. The number of nitrogens with two attached hydrogens (primary N) is 1. The molecular formula is C13H11ClN2O3S. The summed E-state index contributed by atoms with van der Waals surface area (Å²) in [5, 5.41) is 0.459. The van der Waals surface area contributed by atoms with Gasteiger partial charge < -0.3 is 5.73 Å². The van der Waals surface area contributed by atoms with Gasteiger partial charge in [-0.2, -0.15) is 0 Å². The van der Waals surface area contributed by atoms with E-state index in [9.17, 15) is 13.2 Å². The van der Waals surface area contributed by atoms with Crippen LogP contribution in [0.1, 0.15) is 10.4 Å². The molecular weight excluding hydrogens is 300 g/mol. The van der Waals surface area contributed by atoms with Gasteiger partial charge in [-0.25, -0.2) is 13.1 Å². The Bertz CT molecular complexity index is 742. The summed E-state index contributed by atoms with van der Waals surface area (Å²) in [7, 11) is -3.95. The summed E-state index contributed by atoms with van der Waals surface area (Å²) in [6.45, 7) is 0. The molecule has 0 heterocycles. The van der Waals surface area contributed by atoms with Crippen LogP contribution in [0.5, 0.6) is 0 Å². The van der Waals surface area contributed by atoms with Crippen LogP contribution < -0.4 is 10.5 Å². The second-order valence-electron chi connectivity index (χ2n) is 4.01. The van der Waals surface area contributed by atoms with Crippen molar-refractivity contribution in [1.29, 1.82) is 0 Å². The van der Waals surface area contributed by atoms with Crippen molar-refractivity contribution in [2.24, 2.45) is 0 Å². The Morgan fingerprint density at radius 3 is 2.35 bits per heavy atom. The normalized spacial score (nSPS) is 11.1. The Hall–Kier alpha value is -2.05. The molecule has 0 unspecified atom stereocenters. The first-order chi connectivity index (χ1) is 9.38. The molecule has 2 aromatic carbocycles. The van der Waals surface area contributed by atoms with E-state index in [0.29, 0.717) is 10.7 Å². The predicted octanol–water partition coefficient (Wildman–Crippen LogP) is 2.04. The van der Waals surface area contributed by atoms with Crippen molar-refractivity contribution in [2.75, 3.05) is 5.73 Å². The number of benzene rings is 2. The minimum Gasteiger partial charge on any atom is -0.399 e. The molecule has 7 heteroatoms. The quantitative estimate of drug-likeness (QED) is 0.849. The summed E-state index contributed by atoms with van der Waals surface area (Å²) in [5.74, 6) is -0.732. The van der Waals surface area contributed by atoms with E-state index in [0.717, 1.165) is 0 Å². The van der Waals surface area contributed by atoms with Gasteiger partial charge in [0, 0.05) is 16.3 Å². The van der Waals surface area contributed by atoms with Crippen molar-refractivity contribution >= 4 is 33.2 Å². The molecule has 1 amide bonds. The highest BCUT2D eigenvalue weighted by atomic mass is 35.5. The van der Waals surface area contributed by atoms with Crippen LogP contribution in [0.25, 0.3) is 0 Å². The minimum atomic E-state index is -3.95. The van der Waals surface area contributed by atoms with Gasteiger partial charge in [-0.3, -0.25) is 4.79 Å².